The summed E-state index contributed by atoms with van der Waals surface area (Å²) in [6.07, 6.45) is 0.896. The lowest BCUT2D eigenvalue weighted by atomic mass is 10.1. The highest BCUT2D eigenvalue weighted by atomic mass is 32.1. The number of thiophene rings is 1. The number of nitrogens with one attached hydrogen (secondary N) is 1. The first-order valence-electron chi connectivity index (χ1n) is 12.1. The van der Waals surface area contributed by atoms with E-state index < -0.39 is 0 Å². The molecule has 3 aromatic rings. The van der Waals surface area contributed by atoms with Crippen LogP contribution in [0.5, 0.6) is 11.5 Å². The number of hydrogen-bond donors (Lipinski definition) is 1. The van der Waals surface area contributed by atoms with E-state index in [1.807, 2.05) is 52.7 Å². The number of carbonyl (C=O) groups is 2. The van der Waals surface area contributed by atoms with Crippen molar-refractivity contribution in [3.63, 3.8) is 0 Å². The van der Waals surface area contributed by atoms with Gasteiger partial charge in [-0.3, -0.25) is 4.79 Å². The van der Waals surface area contributed by atoms with E-state index in [-0.39, 0.29) is 24.4 Å². The van der Waals surface area contributed by atoms with Crippen molar-refractivity contribution in [2.45, 2.75) is 33.4 Å². The minimum Gasteiger partial charge on any atom is -0.497 e. The number of urea groups is 1. The first kappa shape index (κ1) is 27.1. The van der Waals surface area contributed by atoms with Crippen molar-refractivity contribution >= 4 is 29.0 Å². The Morgan fingerprint density at radius 2 is 1.75 bits per heavy atom. The van der Waals surface area contributed by atoms with Crippen LogP contribution >= 0.6 is 11.3 Å². The summed E-state index contributed by atoms with van der Waals surface area (Å²) in [4.78, 5) is 31.5. The Morgan fingerprint density at radius 1 is 0.972 bits per heavy atom. The van der Waals surface area contributed by atoms with Gasteiger partial charge in [0.1, 0.15) is 18.0 Å². The summed E-state index contributed by atoms with van der Waals surface area (Å²) in [5.41, 5.74) is 1.56. The van der Waals surface area contributed by atoms with Crippen LogP contribution in [0.3, 0.4) is 0 Å². The minimum atomic E-state index is -0.345. The minimum absolute atomic E-state index is 0.0210. The van der Waals surface area contributed by atoms with Crippen molar-refractivity contribution in [3.8, 4) is 11.5 Å². The highest BCUT2D eigenvalue weighted by molar-refractivity contribution is 7.09. The van der Waals surface area contributed by atoms with Crippen LogP contribution in [0.2, 0.25) is 0 Å². The molecule has 0 aliphatic carbocycles. The summed E-state index contributed by atoms with van der Waals surface area (Å²) in [6, 6.07) is 18.8. The smallest absolute Gasteiger partial charge is 0.322 e. The average molecular weight is 510 g/mol. The normalized spacial score (nSPS) is 11.4. The molecule has 0 fully saturated rings. The predicted octanol–water partition coefficient (Wildman–Crippen LogP) is 5.87. The van der Waals surface area contributed by atoms with Crippen LogP contribution in [0.1, 0.15) is 30.7 Å². The van der Waals surface area contributed by atoms with Crippen molar-refractivity contribution in [2.75, 3.05) is 32.6 Å². The Morgan fingerprint density at radius 3 is 2.39 bits per heavy atom. The largest absolute Gasteiger partial charge is 0.497 e. The first-order chi connectivity index (χ1) is 17.4. The van der Waals surface area contributed by atoms with Gasteiger partial charge in [0.15, 0.2) is 0 Å². The molecule has 0 saturated heterocycles. The summed E-state index contributed by atoms with van der Waals surface area (Å²) in [6.45, 7) is 5.57. The second-order valence-corrected chi connectivity index (χ2v) is 9.74. The van der Waals surface area contributed by atoms with E-state index in [4.69, 9.17) is 9.47 Å². The summed E-state index contributed by atoms with van der Waals surface area (Å²) in [5, 5.41) is 4.93. The lowest BCUT2D eigenvalue weighted by Crippen LogP contribution is -2.45. The Balaban J connectivity index is 1.79. The molecule has 0 saturated carbocycles. The van der Waals surface area contributed by atoms with Gasteiger partial charge in [-0.1, -0.05) is 56.7 Å². The molecule has 192 valence electrons. The fourth-order valence-electron chi connectivity index (χ4n) is 3.71. The molecule has 0 aliphatic heterocycles. The van der Waals surface area contributed by atoms with Gasteiger partial charge >= 0.3 is 6.03 Å². The number of hydrogen-bond acceptors (Lipinski definition) is 5. The molecule has 7 nitrogen and oxygen atoms in total. The van der Waals surface area contributed by atoms with Crippen LogP contribution in [-0.2, 0) is 17.9 Å². The van der Waals surface area contributed by atoms with E-state index >= 15 is 0 Å². The van der Waals surface area contributed by atoms with Gasteiger partial charge in [0.2, 0.25) is 5.91 Å². The van der Waals surface area contributed by atoms with Gasteiger partial charge < -0.3 is 24.6 Å². The number of amides is 3. The van der Waals surface area contributed by atoms with Crippen molar-refractivity contribution in [1.82, 2.24) is 9.80 Å². The molecule has 0 radical (unpaired) electrons. The van der Waals surface area contributed by atoms with Crippen molar-refractivity contribution < 1.29 is 19.1 Å². The van der Waals surface area contributed by atoms with E-state index in [2.05, 4.69) is 19.2 Å². The maximum atomic E-state index is 13.6. The van der Waals surface area contributed by atoms with Crippen LogP contribution in [0.15, 0.2) is 66.0 Å². The number of carbonyl (C=O) groups excluding carboxylic acids is 2. The van der Waals surface area contributed by atoms with E-state index in [0.29, 0.717) is 36.8 Å². The highest BCUT2D eigenvalue weighted by Crippen LogP contribution is 2.29. The van der Waals surface area contributed by atoms with Gasteiger partial charge in [0, 0.05) is 24.0 Å². The van der Waals surface area contributed by atoms with Gasteiger partial charge in [-0.25, -0.2) is 4.79 Å². The van der Waals surface area contributed by atoms with Crippen molar-refractivity contribution in [1.29, 1.82) is 0 Å². The van der Waals surface area contributed by atoms with E-state index in [0.717, 1.165) is 16.9 Å². The summed E-state index contributed by atoms with van der Waals surface area (Å²) >= 11 is 1.62. The molecule has 0 aliphatic rings. The number of nitrogens with zero attached hydrogens (tertiary/aromatic N) is 2. The third-order valence-electron chi connectivity index (χ3n) is 5.99. The van der Waals surface area contributed by atoms with Crippen molar-refractivity contribution in [3.05, 3.63) is 76.5 Å². The molecule has 0 spiro atoms. The fraction of sp³-hybridized carbons (Fsp3) is 0.357. The number of rotatable bonds is 12. The lowest BCUT2D eigenvalue weighted by molar-refractivity contribution is -0.133. The zero-order valence-corrected chi connectivity index (χ0v) is 22.2. The van der Waals surface area contributed by atoms with Crippen molar-refractivity contribution in [2.24, 2.45) is 5.92 Å². The van der Waals surface area contributed by atoms with Crippen LogP contribution in [-0.4, -0.2) is 49.0 Å². The van der Waals surface area contributed by atoms with E-state index in [9.17, 15) is 9.59 Å². The van der Waals surface area contributed by atoms with Crippen LogP contribution in [0, 0.1) is 5.92 Å². The van der Waals surface area contributed by atoms with Gasteiger partial charge in [0.25, 0.3) is 0 Å². The second-order valence-electron chi connectivity index (χ2n) is 8.71. The van der Waals surface area contributed by atoms with Gasteiger partial charge in [0.05, 0.1) is 26.5 Å². The van der Waals surface area contributed by atoms with Crippen LogP contribution in [0.25, 0.3) is 0 Å². The van der Waals surface area contributed by atoms with Crippen LogP contribution < -0.4 is 14.8 Å². The zero-order chi connectivity index (χ0) is 25.9. The third-order valence-corrected chi connectivity index (χ3v) is 6.85. The monoisotopic (exact) mass is 509 g/mol. The number of anilines is 1. The molecule has 36 heavy (non-hydrogen) atoms. The molecular weight excluding hydrogens is 474 g/mol. The maximum absolute atomic E-state index is 13.6. The molecule has 8 heteroatoms. The molecule has 3 rings (SSSR count). The fourth-order valence-corrected chi connectivity index (χ4v) is 4.43. The Labute approximate surface area is 217 Å². The van der Waals surface area contributed by atoms with Crippen LogP contribution in [0.4, 0.5) is 10.5 Å². The number of ether oxygens (including phenoxy) is 2. The molecule has 1 aromatic heterocycles. The first-order valence-corrected chi connectivity index (χ1v) is 12.9. The van der Waals surface area contributed by atoms with Gasteiger partial charge in [-0.2, -0.15) is 0 Å². The third kappa shape index (κ3) is 7.75. The molecular formula is C28H35N3O4S. The van der Waals surface area contributed by atoms with E-state index in [1.165, 1.54) is 7.11 Å². The zero-order valence-electron chi connectivity index (χ0n) is 21.4. The quantitative estimate of drug-likeness (QED) is 0.331. The summed E-state index contributed by atoms with van der Waals surface area (Å²) < 4.78 is 10.7. The molecule has 0 bridgehead atoms. The lowest BCUT2D eigenvalue weighted by Gasteiger charge is -2.29. The Kier molecular flexibility index (Phi) is 10.2. The maximum Gasteiger partial charge on any atom is 0.322 e. The van der Waals surface area contributed by atoms with E-state index in [1.54, 1.807) is 41.5 Å². The molecule has 1 atom stereocenters. The Hall–Kier alpha value is -3.52. The molecule has 1 unspecified atom stereocenters. The number of benzene rings is 2. The highest BCUT2D eigenvalue weighted by Gasteiger charge is 2.24. The SMILES string of the molecule is CCC(C)CN(CC(=O)N(Cc1ccccc1)Cc1cccs1)C(=O)Nc1ccc(OC)cc1OC. The molecule has 1 heterocycles. The average Bonchev–Trinajstić information content (AvgIpc) is 3.41. The molecule has 3 amide bonds. The standard InChI is InChI=1S/C28H35N3O4S/c1-5-21(2)17-31(28(33)29-25-14-13-23(34-3)16-26(25)35-4)20-27(32)30(19-24-12-9-15-36-24)18-22-10-7-6-8-11-22/h6-16,21H,5,17-20H2,1-4H3,(H,29,33). The second kappa shape index (κ2) is 13.5. The van der Waals surface area contributed by atoms with Gasteiger partial charge in [-0.05, 0) is 35.1 Å². The number of methoxy groups -OCH3 is 2. The Bertz CT molecular complexity index is 1110. The summed E-state index contributed by atoms with van der Waals surface area (Å²) in [5.74, 6) is 1.25. The summed E-state index contributed by atoms with van der Waals surface area (Å²) in [7, 11) is 3.11. The predicted molar refractivity (Wildman–Crippen MR) is 145 cm³/mol. The molecule has 1 N–H and O–H groups in total. The van der Waals surface area contributed by atoms with Gasteiger partial charge in [-0.15, -0.1) is 11.3 Å². The molecule has 2 aromatic carbocycles. The topological polar surface area (TPSA) is 71.1 Å².